The summed E-state index contributed by atoms with van der Waals surface area (Å²) < 4.78 is 0. The van der Waals surface area contributed by atoms with Gasteiger partial charge in [-0.1, -0.05) is 57.8 Å². The molecule has 0 saturated heterocycles. The van der Waals surface area contributed by atoms with Crippen LogP contribution in [0.15, 0.2) is 10.9 Å². The van der Waals surface area contributed by atoms with E-state index in [4.69, 9.17) is 7.85 Å². The molecule has 1 amide bonds. The molecule has 2 radical (unpaired) electrons. The Bertz CT molecular complexity index is 657. The lowest BCUT2D eigenvalue weighted by Gasteiger charge is -2.32. The van der Waals surface area contributed by atoms with Crippen molar-refractivity contribution in [2.24, 2.45) is 0 Å². The van der Waals surface area contributed by atoms with Gasteiger partial charge in [-0.15, -0.1) is 0 Å². The molecule has 0 unspecified atom stereocenters. The minimum atomic E-state index is -0.702. The molecule has 2 fully saturated rings. The Morgan fingerprint density at radius 1 is 1.04 bits per heavy atom. The van der Waals surface area contributed by atoms with E-state index in [-0.39, 0.29) is 23.1 Å². The van der Waals surface area contributed by atoms with Crippen molar-refractivity contribution in [3.05, 3.63) is 27.9 Å². The number of rotatable bonds is 3. The summed E-state index contributed by atoms with van der Waals surface area (Å²) in [4.78, 5) is 32.1. The van der Waals surface area contributed by atoms with Gasteiger partial charge < -0.3 is 10.3 Å². The summed E-state index contributed by atoms with van der Waals surface area (Å²) in [6.07, 6.45) is 14.0. The average molecular weight is 355 g/mol. The average Bonchev–Trinajstić information content (AvgIpc) is 3.15. The molecule has 1 aromatic rings. The summed E-state index contributed by atoms with van der Waals surface area (Å²) in [6, 6.07) is 1.29. The van der Waals surface area contributed by atoms with Gasteiger partial charge in [-0.05, 0) is 25.7 Å². The maximum atomic E-state index is 12.8. The summed E-state index contributed by atoms with van der Waals surface area (Å²) >= 11 is 0. The number of hydrogen-bond acceptors (Lipinski definition) is 3. The lowest BCUT2D eigenvalue weighted by Crippen LogP contribution is -2.49. The van der Waals surface area contributed by atoms with Crippen molar-refractivity contribution in [2.75, 3.05) is 0 Å². The van der Waals surface area contributed by atoms with E-state index in [9.17, 15) is 9.59 Å². The largest absolute Gasteiger partial charge is 0.354 e. The van der Waals surface area contributed by atoms with Crippen molar-refractivity contribution in [1.82, 2.24) is 15.3 Å². The number of nitrogens with one attached hydrogen (secondary N) is 2. The van der Waals surface area contributed by atoms with Crippen LogP contribution in [-0.4, -0.2) is 29.2 Å². The molecule has 0 aromatic carbocycles. The van der Waals surface area contributed by atoms with Crippen LogP contribution in [-0.2, 0) is 0 Å². The summed E-state index contributed by atoms with van der Waals surface area (Å²) in [5.74, 6) is 0.586. The van der Waals surface area contributed by atoms with Gasteiger partial charge in [0, 0.05) is 17.4 Å². The number of hydrogen-bond donors (Lipinski definition) is 2. The van der Waals surface area contributed by atoms with Gasteiger partial charge in [-0.25, -0.2) is 4.98 Å². The lowest BCUT2D eigenvalue weighted by atomic mass is 9.69. The highest BCUT2D eigenvalue weighted by atomic mass is 16.2. The number of aromatic nitrogens is 2. The Balaban J connectivity index is 1.72. The van der Waals surface area contributed by atoms with Gasteiger partial charge in [0.05, 0.1) is 0 Å². The normalized spacial score (nSPS) is 22.0. The Morgan fingerprint density at radius 3 is 2.23 bits per heavy atom. The first-order chi connectivity index (χ1) is 12.6. The summed E-state index contributed by atoms with van der Waals surface area (Å²) in [7, 11) is 6.54. The number of aromatic amines is 1. The molecule has 0 spiro atoms. The molecule has 0 bridgehead atoms. The van der Waals surface area contributed by atoms with Crippen LogP contribution in [0.25, 0.3) is 0 Å². The minimum absolute atomic E-state index is 0.192. The number of amides is 1. The third kappa shape index (κ3) is 5.21. The van der Waals surface area contributed by atoms with Crippen molar-refractivity contribution in [1.29, 1.82) is 0 Å². The van der Waals surface area contributed by atoms with Crippen molar-refractivity contribution in [3.8, 4) is 0 Å². The minimum Gasteiger partial charge on any atom is -0.354 e. The third-order valence-corrected chi connectivity index (χ3v) is 5.84. The fourth-order valence-corrected chi connectivity index (χ4v) is 4.29. The molecule has 26 heavy (non-hydrogen) atoms. The predicted molar refractivity (Wildman–Crippen MR) is 104 cm³/mol. The molecule has 3 rings (SSSR count). The number of carbonyl (C=O) groups excluding carboxylic acids is 1. The molecule has 2 aliphatic rings. The smallest absolute Gasteiger partial charge is 0.269 e. The van der Waals surface area contributed by atoms with Gasteiger partial charge in [-0.3, -0.25) is 9.59 Å². The lowest BCUT2D eigenvalue weighted by molar-refractivity contribution is 0.0913. The quantitative estimate of drug-likeness (QED) is 0.815. The molecule has 2 aliphatic carbocycles. The molecule has 140 valence electrons. The van der Waals surface area contributed by atoms with Crippen LogP contribution in [0.4, 0.5) is 0 Å². The second-order valence-electron chi connectivity index (χ2n) is 8.08. The molecule has 1 heterocycles. The van der Waals surface area contributed by atoms with E-state index in [0.717, 1.165) is 64.2 Å². The van der Waals surface area contributed by atoms with Crippen molar-refractivity contribution in [3.63, 3.8) is 0 Å². The van der Waals surface area contributed by atoms with E-state index < -0.39 is 5.44 Å². The monoisotopic (exact) mass is 355 g/mol. The molecule has 2 N–H and O–H groups in total. The van der Waals surface area contributed by atoms with Gasteiger partial charge in [-0.2, -0.15) is 0 Å². The molecule has 0 atom stereocenters. The van der Waals surface area contributed by atoms with E-state index in [2.05, 4.69) is 15.3 Å². The maximum absolute atomic E-state index is 12.8. The van der Waals surface area contributed by atoms with Crippen molar-refractivity contribution >= 4 is 13.8 Å². The van der Waals surface area contributed by atoms with Gasteiger partial charge in [0.2, 0.25) is 0 Å². The number of nitrogens with zero attached hydrogens (tertiary/aromatic N) is 1. The molecule has 1 aromatic heterocycles. The van der Waals surface area contributed by atoms with E-state index in [0.29, 0.717) is 5.82 Å². The van der Waals surface area contributed by atoms with Crippen LogP contribution < -0.4 is 10.9 Å². The van der Waals surface area contributed by atoms with Gasteiger partial charge in [0.15, 0.2) is 0 Å². The zero-order valence-electron chi connectivity index (χ0n) is 15.7. The van der Waals surface area contributed by atoms with Gasteiger partial charge in [0.25, 0.3) is 11.5 Å². The predicted octanol–water partition coefficient (Wildman–Crippen LogP) is 3.55. The number of H-pyrrole nitrogens is 1. The van der Waals surface area contributed by atoms with E-state index in [1.165, 1.54) is 25.3 Å². The zero-order chi connectivity index (χ0) is 18.4. The second-order valence-corrected chi connectivity index (χ2v) is 8.08. The van der Waals surface area contributed by atoms with E-state index in [1.54, 1.807) is 0 Å². The zero-order valence-corrected chi connectivity index (χ0v) is 15.7. The highest BCUT2D eigenvalue weighted by molar-refractivity contribution is 6.17. The molecule has 2 saturated carbocycles. The first-order valence-electron chi connectivity index (χ1n) is 10.3. The Labute approximate surface area is 157 Å². The van der Waals surface area contributed by atoms with Crippen LogP contribution in [0.3, 0.4) is 0 Å². The molecular formula is C20H30BN3O2. The highest BCUT2D eigenvalue weighted by Crippen LogP contribution is 2.31. The summed E-state index contributed by atoms with van der Waals surface area (Å²) in [6.45, 7) is 0. The van der Waals surface area contributed by atoms with Crippen molar-refractivity contribution in [2.45, 2.75) is 94.8 Å². The molecular weight excluding hydrogens is 325 g/mol. The van der Waals surface area contributed by atoms with Crippen LogP contribution in [0.1, 0.15) is 106 Å². The summed E-state index contributed by atoms with van der Waals surface area (Å²) in [5.41, 5.74) is -0.770. The maximum Gasteiger partial charge on any atom is 0.269 e. The van der Waals surface area contributed by atoms with E-state index >= 15 is 0 Å². The third-order valence-electron chi connectivity index (χ3n) is 5.84. The standard InChI is InChI=1S/C20H30BN3O2/c21-20(12-8-4-2-1-3-5-9-13-20)24-19(26)16-14-17(25)23-18(22-16)15-10-6-7-11-15/h14-15H,1-13H2,(H,24,26)(H,22,23,25). The summed E-state index contributed by atoms with van der Waals surface area (Å²) in [5, 5.41) is 3.00. The van der Waals surface area contributed by atoms with Crippen LogP contribution in [0.5, 0.6) is 0 Å². The second kappa shape index (κ2) is 8.87. The highest BCUT2D eigenvalue weighted by Gasteiger charge is 2.27. The van der Waals surface area contributed by atoms with Crippen LogP contribution >= 0.6 is 0 Å². The molecule has 5 nitrogen and oxygen atoms in total. The first-order valence-corrected chi connectivity index (χ1v) is 10.3. The fraction of sp³-hybridized carbons (Fsp3) is 0.750. The van der Waals surface area contributed by atoms with Gasteiger partial charge >= 0.3 is 0 Å². The van der Waals surface area contributed by atoms with Crippen LogP contribution in [0, 0.1) is 0 Å². The van der Waals surface area contributed by atoms with E-state index in [1.807, 2.05) is 0 Å². The number of carbonyl (C=O) groups is 1. The van der Waals surface area contributed by atoms with Crippen molar-refractivity contribution < 1.29 is 4.79 Å². The fourth-order valence-electron chi connectivity index (χ4n) is 4.29. The Hall–Kier alpha value is -1.59. The SMILES string of the molecule is [B]C1(NC(=O)c2cc(=O)[nH]c(C3CCCC3)n2)CCCCCCCCC1. The van der Waals surface area contributed by atoms with Crippen LogP contribution in [0.2, 0.25) is 0 Å². The topological polar surface area (TPSA) is 74.8 Å². The van der Waals surface area contributed by atoms with Gasteiger partial charge in [0.1, 0.15) is 19.4 Å². The molecule has 0 aliphatic heterocycles. The first kappa shape index (κ1) is 19.2. The Kier molecular flexibility index (Phi) is 6.55. The Morgan fingerprint density at radius 2 is 1.62 bits per heavy atom. The molecule has 6 heteroatoms.